The van der Waals surface area contributed by atoms with E-state index < -0.39 is 11.6 Å². The lowest BCUT2D eigenvalue weighted by molar-refractivity contribution is -0.131. The Labute approximate surface area is 170 Å². The number of H-pyrrole nitrogens is 1. The number of likely N-dealkylation sites (tertiary alicyclic amines) is 1. The molecule has 7 nitrogen and oxygen atoms in total. The zero-order chi connectivity index (χ0) is 21.1. The molecule has 30 heavy (non-hydrogen) atoms. The molecule has 1 aromatic carbocycles. The van der Waals surface area contributed by atoms with Gasteiger partial charge in [0, 0.05) is 43.0 Å². The number of amides is 1. The van der Waals surface area contributed by atoms with E-state index in [-0.39, 0.29) is 29.4 Å². The fraction of sp³-hybridized carbons (Fsp3) is 0.286. The van der Waals surface area contributed by atoms with E-state index in [1.807, 2.05) is 0 Å². The van der Waals surface area contributed by atoms with Gasteiger partial charge in [0.05, 0.1) is 18.3 Å². The number of hydrogen-bond donors (Lipinski definition) is 1. The third kappa shape index (κ3) is 4.40. The third-order valence-corrected chi connectivity index (χ3v) is 5.11. The number of nitrogens with zero attached hydrogens (tertiary/aromatic N) is 4. The van der Waals surface area contributed by atoms with E-state index in [0.717, 1.165) is 31.0 Å². The molecule has 9 heteroatoms. The third-order valence-electron chi connectivity index (χ3n) is 5.11. The summed E-state index contributed by atoms with van der Waals surface area (Å²) >= 11 is 0. The Kier molecular flexibility index (Phi) is 5.60. The van der Waals surface area contributed by atoms with Crippen LogP contribution in [0.1, 0.15) is 30.0 Å². The number of aromatic nitrogens is 4. The highest BCUT2D eigenvalue weighted by Crippen LogP contribution is 2.26. The summed E-state index contributed by atoms with van der Waals surface area (Å²) in [4.78, 5) is 41.8. The van der Waals surface area contributed by atoms with Crippen LogP contribution in [0.3, 0.4) is 0 Å². The second-order valence-electron chi connectivity index (χ2n) is 7.20. The molecule has 1 N–H and O–H groups in total. The van der Waals surface area contributed by atoms with E-state index in [2.05, 4.69) is 19.9 Å². The second-order valence-corrected chi connectivity index (χ2v) is 7.20. The van der Waals surface area contributed by atoms with Crippen LogP contribution in [0.2, 0.25) is 0 Å². The predicted molar refractivity (Wildman–Crippen MR) is 105 cm³/mol. The van der Waals surface area contributed by atoms with Crippen LogP contribution in [0.15, 0.2) is 47.7 Å². The van der Waals surface area contributed by atoms with Gasteiger partial charge in [-0.25, -0.2) is 18.7 Å². The molecule has 4 rings (SSSR count). The van der Waals surface area contributed by atoms with Crippen LogP contribution in [0.25, 0.3) is 11.5 Å². The highest BCUT2D eigenvalue weighted by Gasteiger charge is 2.27. The van der Waals surface area contributed by atoms with Crippen LogP contribution in [0.5, 0.6) is 0 Å². The summed E-state index contributed by atoms with van der Waals surface area (Å²) in [6.07, 6.45) is 5.80. The maximum Gasteiger partial charge on any atom is 0.251 e. The highest BCUT2D eigenvalue weighted by atomic mass is 19.1. The minimum Gasteiger partial charge on any atom is -0.342 e. The summed E-state index contributed by atoms with van der Waals surface area (Å²) in [6, 6.07) is 4.50. The van der Waals surface area contributed by atoms with Crippen molar-refractivity contribution in [1.29, 1.82) is 0 Å². The van der Waals surface area contributed by atoms with Gasteiger partial charge in [-0.1, -0.05) is 0 Å². The molecule has 1 atom stereocenters. The summed E-state index contributed by atoms with van der Waals surface area (Å²) in [6.45, 7) is 0.874. The van der Waals surface area contributed by atoms with Crippen molar-refractivity contribution in [3.63, 3.8) is 0 Å². The van der Waals surface area contributed by atoms with Crippen LogP contribution in [0.4, 0.5) is 8.78 Å². The maximum atomic E-state index is 13.9. The van der Waals surface area contributed by atoms with Gasteiger partial charge in [0.15, 0.2) is 5.82 Å². The molecule has 1 fully saturated rings. The molecule has 3 heterocycles. The number of rotatable bonds is 4. The molecule has 3 aromatic rings. The lowest BCUT2D eigenvalue weighted by Gasteiger charge is -2.32. The number of carbonyl (C=O) groups excluding carboxylic acids is 1. The monoisotopic (exact) mass is 411 g/mol. The average Bonchev–Trinajstić information content (AvgIpc) is 2.76. The van der Waals surface area contributed by atoms with Crippen LogP contribution >= 0.6 is 0 Å². The minimum atomic E-state index is -0.608. The molecular formula is C21H19F2N5O2. The van der Waals surface area contributed by atoms with E-state index in [9.17, 15) is 18.4 Å². The van der Waals surface area contributed by atoms with E-state index in [0.29, 0.717) is 30.3 Å². The highest BCUT2D eigenvalue weighted by molar-refractivity contribution is 5.79. The van der Waals surface area contributed by atoms with E-state index >= 15 is 0 Å². The van der Waals surface area contributed by atoms with Gasteiger partial charge in [-0.05, 0) is 31.0 Å². The smallest absolute Gasteiger partial charge is 0.251 e. The quantitative estimate of drug-likeness (QED) is 0.712. The molecule has 154 valence electrons. The number of piperidine rings is 1. The molecule has 2 aromatic heterocycles. The Balaban J connectivity index is 1.53. The topological polar surface area (TPSA) is 91.8 Å². The molecule has 1 unspecified atom stereocenters. The first-order valence-corrected chi connectivity index (χ1v) is 9.59. The molecule has 1 amide bonds. The summed E-state index contributed by atoms with van der Waals surface area (Å²) in [5, 5.41) is 0. The number of hydrogen-bond acceptors (Lipinski definition) is 5. The van der Waals surface area contributed by atoms with Crippen LogP contribution in [-0.2, 0) is 11.2 Å². The van der Waals surface area contributed by atoms with Gasteiger partial charge >= 0.3 is 0 Å². The van der Waals surface area contributed by atoms with E-state index in [1.165, 1.54) is 24.7 Å². The van der Waals surface area contributed by atoms with Gasteiger partial charge < -0.3 is 9.88 Å². The molecule has 0 radical (unpaired) electrons. The number of aromatic amines is 1. The van der Waals surface area contributed by atoms with Crippen molar-refractivity contribution in [2.45, 2.75) is 25.2 Å². The molecule has 0 bridgehead atoms. The van der Waals surface area contributed by atoms with Gasteiger partial charge in [-0.2, -0.15) is 0 Å². The largest absolute Gasteiger partial charge is 0.342 e. The Hall–Kier alpha value is -3.49. The Morgan fingerprint density at radius 1 is 1.23 bits per heavy atom. The molecule has 0 spiro atoms. The summed E-state index contributed by atoms with van der Waals surface area (Å²) < 4.78 is 27.3. The first-order valence-electron chi connectivity index (χ1n) is 9.59. The summed E-state index contributed by atoms with van der Waals surface area (Å²) in [5.41, 5.74) is 0.725. The van der Waals surface area contributed by atoms with Crippen molar-refractivity contribution >= 4 is 5.91 Å². The fourth-order valence-electron chi connectivity index (χ4n) is 3.63. The van der Waals surface area contributed by atoms with Gasteiger partial charge in [-0.3, -0.25) is 14.6 Å². The molecular weight excluding hydrogens is 392 g/mol. The number of halogens is 2. The van der Waals surface area contributed by atoms with E-state index in [1.54, 1.807) is 4.90 Å². The van der Waals surface area contributed by atoms with Crippen molar-refractivity contribution < 1.29 is 13.6 Å². The van der Waals surface area contributed by atoms with Crippen LogP contribution in [-0.4, -0.2) is 43.8 Å². The zero-order valence-electron chi connectivity index (χ0n) is 16.0. The Morgan fingerprint density at radius 3 is 2.90 bits per heavy atom. The van der Waals surface area contributed by atoms with Gasteiger partial charge in [0.1, 0.15) is 17.3 Å². The lowest BCUT2D eigenvalue weighted by atomic mass is 9.94. The lowest BCUT2D eigenvalue weighted by Crippen LogP contribution is -2.40. The number of carbonyl (C=O) groups is 1. The SMILES string of the molecule is O=C(Cc1cc(F)ccc1F)N1CCCC(c2cc(=O)[nH]c(-c3cnccn3)n2)C1. The summed E-state index contributed by atoms with van der Waals surface area (Å²) in [5.74, 6) is -1.31. The van der Waals surface area contributed by atoms with Crippen molar-refractivity contribution in [2.24, 2.45) is 0 Å². The standard InChI is InChI=1S/C21H19F2N5O2/c22-15-3-4-16(23)14(8-15)9-20(30)28-7-1-2-13(12-28)17-10-19(29)27-21(26-17)18-11-24-5-6-25-18/h3-6,8,10-11,13H,1-2,7,9,12H2,(H,26,27,29). The molecule has 1 saturated heterocycles. The van der Waals surface area contributed by atoms with Crippen molar-refractivity contribution in [3.8, 4) is 11.5 Å². The van der Waals surface area contributed by atoms with Gasteiger partial charge in [0.25, 0.3) is 5.56 Å². The van der Waals surface area contributed by atoms with Crippen molar-refractivity contribution in [1.82, 2.24) is 24.8 Å². The predicted octanol–water partition coefficient (Wildman–Crippen LogP) is 2.45. The average molecular weight is 411 g/mol. The van der Waals surface area contributed by atoms with Crippen LogP contribution in [0, 0.1) is 11.6 Å². The first kappa shape index (κ1) is 19.8. The van der Waals surface area contributed by atoms with Gasteiger partial charge in [0.2, 0.25) is 5.91 Å². The number of benzene rings is 1. The van der Waals surface area contributed by atoms with E-state index in [4.69, 9.17) is 0 Å². The van der Waals surface area contributed by atoms with Crippen molar-refractivity contribution in [2.75, 3.05) is 13.1 Å². The number of nitrogens with one attached hydrogen (secondary N) is 1. The van der Waals surface area contributed by atoms with Gasteiger partial charge in [-0.15, -0.1) is 0 Å². The van der Waals surface area contributed by atoms with Crippen molar-refractivity contribution in [3.05, 3.63) is 76.1 Å². The minimum absolute atomic E-state index is 0.0290. The Morgan fingerprint density at radius 2 is 2.10 bits per heavy atom. The first-order chi connectivity index (χ1) is 14.5. The van der Waals surface area contributed by atoms with Crippen LogP contribution < -0.4 is 5.56 Å². The second kappa shape index (κ2) is 8.48. The normalized spacial score (nSPS) is 16.5. The molecule has 1 aliphatic rings. The maximum absolute atomic E-state index is 13.9. The Bertz CT molecular complexity index is 1120. The molecule has 1 aliphatic heterocycles. The molecule has 0 aliphatic carbocycles. The summed E-state index contributed by atoms with van der Waals surface area (Å²) in [7, 11) is 0. The fourth-order valence-corrected chi connectivity index (χ4v) is 3.63. The molecule has 0 saturated carbocycles. The zero-order valence-corrected chi connectivity index (χ0v) is 16.0.